The average Bonchev–Trinajstić information content (AvgIpc) is 2.82. The Morgan fingerprint density at radius 2 is 2.16 bits per heavy atom. The van der Waals surface area contributed by atoms with E-state index in [4.69, 9.17) is 4.74 Å². The Kier molecular flexibility index (Phi) is 3.60. The Labute approximate surface area is 118 Å². The van der Waals surface area contributed by atoms with E-state index < -0.39 is 0 Å². The average molecular weight is 276 g/mol. The van der Waals surface area contributed by atoms with Gasteiger partial charge in [-0.2, -0.15) is 0 Å². The number of hydrogen-bond donors (Lipinski definition) is 1. The van der Waals surface area contributed by atoms with Crippen LogP contribution < -0.4 is 10.1 Å². The van der Waals surface area contributed by atoms with Gasteiger partial charge in [0.2, 0.25) is 0 Å². The first-order valence-corrected chi connectivity index (χ1v) is 7.79. The Bertz CT molecular complexity index is 566. The third-order valence-corrected chi connectivity index (χ3v) is 4.97. The zero-order chi connectivity index (χ0) is 13.2. The van der Waals surface area contributed by atoms with Gasteiger partial charge in [-0.15, -0.1) is 0 Å². The molecule has 1 aliphatic carbocycles. The van der Waals surface area contributed by atoms with Crippen molar-refractivity contribution >= 4 is 26.7 Å². The van der Waals surface area contributed by atoms with Gasteiger partial charge < -0.3 is 10.1 Å². The summed E-state index contributed by atoms with van der Waals surface area (Å²) in [5, 5.41) is 4.67. The number of thiazole rings is 1. The van der Waals surface area contributed by atoms with Crippen LogP contribution in [0.3, 0.4) is 0 Å². The van der Waals surface area contributed by atoms with Gasteiger partial charge in [-0.3, -0.25) is 0 Å². The third kappa shape index (κ3) is 2.68. The minimum absolute atomic E-state index is 0.580. The SMILES string of the molecule is COc1ccc2nc(N[C@H]3CCCC[C@@H]3C)sc2c1. The summed E-state index contributed by atoms with van der Waals surface area (Å²) in [6, 6.07) is 6.63. The molecule has 2 aromatic rings. The molecule has 1 N–H and O–H groups in total. The van der Waals surface area contributed by atoms with Crippen LogP contribution in [0.1, 0.15) is 32.6 Å². The largest absolute Gasteiger partial charge is 0.497 e. The van der Waals surface area contributed by atoms with E-state index in [1.165, 1.54) is 30.4 Å². The molecule has 19 heavy (non-hydrogen) atoms. The first-order chi connectivity index (χ1) is 9.26. The fraction of sp³-hybridized carbons (Fsp3) is 0.533. The predicted molar refractivity (Wildman–Crippen MR) is 81.2 cm³/mol. The van der Waals surface area contributed by atoms with E-state index in [0.717, 1.165) is 22.3 Å². The molecule has 102 valence electrons. The van der Waals surface area contributed by atoms with Crippen molar-refractivity contribution in [3.63, 3.8) is 0 Å². The van der Waals surface area contributed by atoms with Gasteiger partial charge in [-0.1, -0.05) is 31.1 Å². The lowest BCUT2D eigenvalue weighted by Crippen LogP contribution is -2.30. The standard InChI is InChI=1S/C15H20N2OS/c1-10-5-3-4-6-12(10)16-15-17-13-8-7-11(18-2)9-14(13)19-15/h7-10,12H,3-6H2,1-2H3,(H,16,17)/t10-,12-/m0/s1. The smallest absolute Gasteiger partial charge is 0.184 e. The van der Waals surface area contributed by atoms with Crippen molar-refractivity contribution in [1.29, 1.82) is 0 Å². The molecular formula is C15H20N2OS. The monoisotopic (exact) mass is 276 g/mol. The lowest BCUT2D eigenvalue weighted by molar-refractivity contribution is 0.349. The topological polar surface area (TPSA) is 34.1 Å². The summed E-state index contributed by atoms with van der Waals surface area (Å²) >= 11 is 1.72. The molecule has 1 aliphatic rings. The van der Waals surface area contributed by atoms with Crippen molar-refractivity contribution < 1.29 is 4.74 Å². The number of methoxy groups -OCH3 is 1. The minimum Gasteiger partial charge on any atom is -0.497 e. The second-order valence-corrected chi connectivity index (χ2v) is 6.40. The van der Waals surface area contributed by atoms with Crippen LogP contribution >= 0.6 is 11.3 Å². The van der Waals surface area contributed by atoms with Gasteiger partial charge in [0.25, 0.3) is 0 Å². The van der Waals surface area contributed by atoms with E-state index in [2.05, 4.69) is 23.3 Å². The zero-order valence-corrected chi connectivity index (χ0v) is 12.3. The molecule has 1 aromatic heterocycles. The van der Waals surface area contributed by atoms with Crippen molar-refractivity contribution in [1.82, 2.24) is 4.98 Å². The van der Waals surface area contributed by atoms with E-state index in [0.29, 0.717) is 6.04 Å². The van der Waals surface area contributed by atoms with Crippen LogP contribution in [0.15, 0.2) is 18.2 Å². The number of benzene rings is 1. The summed E-state index contributed by atoms with van der Waals surface area (Å²) in [6.45, 7) is 2.34. The summed E-state index contributed by atoms with van der Waals surface area (Å²) in [7, 11) is 1.70. The highest BCUT2D eigenvalue weighted by Gasteiger charge is 2.21. The zero-order valence-electron chi connectivity index (χ0n) is 11.5. The van der Waals surface area contributed by atoms with Gasteiger partial charge in [-0.05, 0) is 37.0 Å². The second kappa shape index (κ2) is 5.37. The molecule has 3 rings (SSSR count). The van der Waals surface area contributed by atoms with Crippen LogP contribution in [-0.2, 0) is 0 Å². The summed E-state index contributed by atoms with van der Waals surface area (Å²) in [4.78, 5) is 4.67. The van der Waals surface area contributed by atoms with E-state index >= 15 is 0 Å². The molecule has 0 aliphatic heterocycles. The summed E-state index contributed by atoms with van der Waals surface area (Å²) < 4.78 is 6.44. The number of aromatic nitrogens is 1. The first-order valence-electron chi connectivity index (χ1n) is 6.97. The quantitative estimate of drug-likeness (QED) is 0.907. The summed E-state index contributed by atoms with van der Waals surface area (Å²) in [6.07, 6.45) is 5.30. The molecule has 1 heterocycles. The lowest BCUT2D eigenvalue weighted by Gasteiger charge is -2.29. The van der Waals surface area contributed by atoms with Crippen LogP contribution in [0.5, 0.6) is 5.75 Å². The van der Waals surface area contributed by atoms with Gasteiger partial charge in [0.1, 0.15) is 5.75 Å². The van der Waals surface area contributed by atoms with Crippen LogP contribution in [0.2, 0.25) is 0 Å². The van der Waals surface area contributed by atoms with Crippen LogP contribution in [-0.4, -0.2) is 18.1 Å². The molecule has 0 saturated heterocycles. The van der Waals surface area contributed by atoms with Crippen LogP contribution in [0.4, 0.5) is 5.13 Å². The third-order valence-electron chi connectivity index (χ3n) is 4.02. The van der Waals surface area contributed by atoms with Gasteiger partial charge in [0, 0.05) is 6.04 Å². The molecule has 0 spiro atoms. The lowest BCUT2D eigenvalue weighted by atomic mass is 9.86. The van der Waals surface area contributed by atoms with Crippen LogP contribution in [0.25, 0.3) is 10.2 Å². The molecule has 0 radical (unpaired) electrons. The Hall–Kier alpha value is -1.29. The van der Waals surface area contributed by atoms with E-state index in [1.807, 2.05) is 12.1 Å². The maximum atomic E-state index is 5.26. The molecule has 1 aromatic carbocycles. The number of fused-ring (bicyclic) bond motifs is 1. The molecule has 1 fully saturated rings. The maximum absolute atomic E-state index is 5.26. The number of anilines is 1. The minimum atomic E-state index is 0.580. The van der Waals surface area contributed by atoms with Gasteiger partial charge in [-0.25, -0.2) is 4.98 Å². The molecule has 1 saturated carbocycles. The number of ether oxygens (including phenoxy) is 1. The molecule has 4 heteroatoms. The summed E-state index contributed by atoms with van der Waals surface area (Å²) in [5.74, 6) is 1.64. The number of hydrogen-bond acceptors (Lipinski definition) is 4. The number of nitrogens with one attached hydrogen (secondary N) is 1. The van der Waals surface area contributed by atoms with Crippen molar-refractivity contribution in [2.24, 2.45) is 5.92 Å². The fourth-order valence-corrected chi connectivity index (χ4v) is 3.74. The van der Waals surface area contributed by atoms with Gasteiger partial charge >= 0.3 is 0 Å². The number of rotatable bonds is 3. The highest BCUT2D eigenvalue weighted by atomic mass is 32.1. The highest BCUT2D eigenvalue weighted by molar-refractivity contribution is 7.22. The molecule has 3 nitrogen and oxygen atoms in total. The van der Waals surface area contributed by atoms with Crippen molar-refractivity contribution in [3.8, 4) is 5.75 Å². The Balaban J connectivity index is 1.81. The molecule has 0 unspecified atom stereocenters. The van der Waals surface area contributed by atoms with Gasteiger partial charge in [0.15, 0.2) is 5.13 Å². The first kappa shape index (κ1) is 12.7. The highest BCUT2D eigenvalue weighted by Crippen LogP contribution is 2.32. The van der Waals surface area contributed by atoms with E-state index in [-0.39, 0.29) is 0 Å². The molecule has 0 bridgehead atoms. The second-order valence-electron chi connectivity index (χ2n) is 5.37. The molecular weight excluding hydrogens is 256 g/mol. The van der Waals surface area contributed by atoms with E-state index in [1.54, 1.807) is 18.4 Å². The maximum Gasteiger partial charge on any atom is 0.184 e. The predicted octanol–water partition coefficient (Wildman–Crippen LogP) is 4.30. The Morgan fingerprint density at radius 3 is 2.95 bits per heavy atom. The normalized spacial score (nSPS) is 23.5. The van der Waals surface area contributed by atoms with E-state index in [9.17, 15) is 0 Å². The van der Waals surface area contributed by atoms with Crippen LogP contribution in [0, 0.1) is 5.92 Å². The van der Waals surface area contributed by atoms with Crippen molar-refractivity contribution in [2.45, 2.75) is 38.6 Å². The molecule has 2 atom stereocenters. The summed E-state index contributed by atoms with van der Waals surface area (Å²) in [5.41, 5.74) is 1.05. The van der Waals surface area contributed by atoms with Crippen molar-refractivity contribution in [3.05, 3.63) is 18.2 Å². The fourth-order valence-electron chi connectivity index (χ4n) is 2.78. The Morgan fingerprint density at radius 1 is 1.32 bits per heavy atom. The van der Waals surface area contributed by atoms with Crippen molar-refractivity contribution in [2.75, 3.05) is 12.4 Å². The molecule has 0 amide bonds. The number of nitrogens with zero attached hydrogens (tertiary/aromatic N) is 1. The van der Waals surface area contributed by atoms with Gasteiger partial charge in [0.05, 0.1) is 17.3 Å².